The smallest absolute Gasteiger partial charge is 0.136 e. The van der Waals surface area contributed by atoms with E-state index in [0.29, 0.717) is 0 Å². The molecule has 11 rings (SSSR count). The minimum Gasteiger partial charge on any atom is -0.456 e. The average molecular weight is 653 g/mol. The first-order valence-electron chi connectivity index (χ1n) is 17.1. The lowest BCUT2D eigenvalue weighted by Crippen LogP contribution is -1.90. The zero-order valence-electron chi connectivity index (χ0n) is 27.0. The minimum atomic E-state index is 0.903. The quantitative estimate of drug-likeness (QED) is 0.173. The van der Waals surface area contributed by atoms with Crippen molar-refractivity contribution in [3.63, 3.8) is 0 Å². The summed E-state index contributed by atoms with van der Waals surface area (Å²) >= 11 is 1.87. The SMILES string of the molecule is c1ccc(-c2c3ccccc3c(-c3ccc4c(c3)oc3cc(-c5cc6sc7ccccc7c6c6ccccc56)ccc34)c3ccccc23)cc1. The van der Waals surface area contributed by atoms with Crippen LogP contribution in [0.3, 0.4) is 0 Å². The van der Waals surface area contributed by atoms with Gasteiger partial charge >= 0.3 is 0 Å². The van der Waals surface area contributed by atoms with Gasteiger partial charge < -0.3 is 4.42 Å². The van der Waals surface area contributed by atoms with Gasteiger partial charge in [0.15, 0.2) is 0 Å². The summed E-state index contributed by atoms with van der Waals surface area (Å²) in [6.45, 7) is 0. The normalized spacial score (nSPS) is 12.0. The predicted octanol–water partition coefficient (Wildman–Crippen LogP) is 14.4. The Hall–Kier alpha value is -6.22. The highest BCUT2D eigenvalue weighted by molar-refractivity contribution is 7.26. The molecule has 0 spiro atoms. The zero-order valence-corrected chi connectivity index (χ0v) is 27.8. The fourth-order valence-electron chi connectivity index (χ4n) is 8.28. The maximum Gasteiger partial charge on any atom is 0.136 e. The van der Waals surface area contributed by atoms with E-state index in [1.54, 1.807) is 0 Å². The van der Waals surface area contributed by atoms with Crippen molar-refractivity contribution in [3.05, 3.63) is 170 Å². The van der Waals surface area contributed by atoms with Gasteiger partial charge in [-0.1, -0.05) is 133 Å². The number of hydrogen-bond donors (Lipinski definition) is 0. The van der Waals surface area contributed by atoms with Gasteiger partial charge in [0.2, 0.25) is 0 Å². The highest BCUT2D eigenvalue weighted by Crippen LogP contribution is 2.46. The number of thiophene rings is 1. The Morgan fingerprint density at radius 1 is 0.320 bits per heavy atom. The van der Waals surface area contributed by atoms with Gasteiger partial charge in [0.1, 0.15) is 11.2 Å². The first kappa shape index (κ1) is 27.7. The zero-order chi connectivity index (χ0) is 32.8. The minimum absolute atomic E-state index is 0.903. The molecular weight excluding hydrogens is 625 g/mol. The fraction of sp³-hybridized carbons (Fsp3) is 0. The van der Waals surface area contributed by atoms with E-state index in [9.17, 15) is 0 Å². The molecule has 2 heteroatoms. The summed E-state index contributed by atoms with van der Waals surface area (Å²) in [5.74, 6) is 0. The van der Waals surface area contributed by atoms with E-state index in [1.807, 2.05) is 11.3 Å². The van der Waals surface area contributed by atoms with Crippen LogP contribution in [0.2, 0.25) is 0 Å². The van der Waals surface area contributed by atoms with Gasteiger partial charge in [-0.3, -0.25) is 0 Å². The second-order valence-electron chi connectivity index (χ2n) is 13.2. The average Bonchev–Trinajstić information content (AvgIpc) is 3.74. The molecule has 0 atom stereocenters. The maximum absolute atomic E-state index is 6.74. The van der Waals surface area contributed by atoms with Crippen molar-refractivity contribution in [3.8, 4) is 33.4 Å². The molecule has 0 saturated carbocycles. The van der Waals surface area contributed by atoms with Gasteiger partial charge in [-0.05, 0) is 102 Å². The van der Waals surface area contributed by atoms with Gasteiger partial charge in [0.25, 0.3) is 0 Å². The molecule has 0 saturated heterocycles. The summed E-state index contributed by atoms with van der Waals surface area (Å²) in [6.07, 6.45) is 0. The first-order chi connectivity index (χ1) is 24.8. The summed E-state index contributed by atoms with van der Waals surface area (Å²) in [7, 11) is 0. The summed E-state index contributed by atoms with van der Waals surface area (Å²) in [4.78, 5) is 0. The largest absolute Gasteiger partial charge is 0.456 e. The molecular formula is C48H28OS. The molecule has 0 unspecified atom stereocenters. The molecule has 9 aromatic carbocycles. The van der Waals surface area contributed by atoms with Crippen molar-refractivity contribution >= 4 is 85.8 Å². The Bertz CT molecular complexity index is 3090. The van der Waals surface area contributed by atoms with Crippen LogP contribution in [0.5, 0.6) is 0 Å². The number of rotatable bonds is 3. The molecule has 0 N–H and O–H groups in total. The van der Waals surface area contributed by atoms with Crippen molar-refractivity contribution in [1.29, 1.82) is 0 Å². The van der Waals surface area contributed by atoms with Gasteiger partial charge in [-0.25, -0.2) is 0 Å². The van der Waals surface area contributed by atoms with Crippen LogP contribution in [0.25, 0.3) is 108 Å². The predicted molar refractivity (Wildman–Crippen MR) is 215 cm³/mol. The Morgan fingerprint density at radius 3 is 1.48 bits per heavy atom. The third-order valence-corrected chi connectivity index (χ3v) is 11.6. The van der Waals surface area contributed by atoms with Crippen LogP contribution in [0.1, 0.15) is 0 Å². The highest BCUT2D eigenvalue weighted by Gasteiger charge is 2.19. The van der Waals surface area contributed by atoms with E-state index in [4.69, 9.17) is 4.42 Å². The van der Waals surface area contributed by atoms with Gasteiger partial charge in [-0.2, -0.15) is 0 Å². The number of hydrogen-bond acceptors (Lipinski definition) is 2. The first-order valence-corrected chi connectivity index (χ1v) is 17.9. The third kappa shape index (κ3) is 4.00. The lowest BCUT2D eigenvalue weighted by atomic mass is 9.86. The molecule has 1 nitrogen and oxygen atoms in total. The number of benzene rings is 9. The van der Waals surface area contributed by atoms with Crippen molar-refractivity contribution in [2.75, 3.05) is 0 Å². The molecule has 0 aliphatic rings. The summed E-state index contributed by atoms with van der Waals surface area (Å²) < 4.78 is 9.38. The van der Waals surface area contributed by atoms with E-state index in [-0.39, 0.29) is 0 Å². The Morgan fingerprint density at radius 2 is 0.820 bits per heavy atom. The van der Waals surface area contributed by atoms with Gasteiger partial charge in [0.05, 0.1) is 0 Å². The molecule has 0 amide bonds. The Labute approximate surface area is 292 Å². The molecule has 0 fully saturated rings. The van der Waals surface area contributed by atoms with Crippen LogP contribution in [0.4, 0.5) is 0 Å². The van der Waals surface area contributed by atoms with E-state index >= 15 is 0 Å². The molecule has 11 aromatic rings. The Balaban J connectivity index is 1.11. The van der Waals surface area contributed by atoms with Crippen molar-refractivity contribution < 1.29 is 4.42 Å². The van der Waals surface area contributed by atoms with Gasteiger partial charge in [-0.15, -0.1) is 11.3 Å². The van der Waals surface area contributed by atoms with Crippen molar-refractivity contribution in [2.45, 2.75) is 0 Å². The summed E-state index contributed by atoms with van der Waals surface area (Å²) in [5.41, 5.74) is 9.12. The fourth-order valence-corrected chi connectivity index (χ4v) is 9.45. The van der Waals surface area contributed by atoms with E-state index in [1.165, 1.54) is 80.3 Å². The molecule has 0 aliphatic carbocycles. The van der Waals surface area contributed by atoms with Crippen LogP contribution in [-0.4, -0.2) is 0 Å². The number of fused-ring (bicyclic) bond motifs is 10. The highest BCUT2D eigenvalue weighted by atomic mass is 32.1. The van der Waals surface area contributed by atoms with Crippen LogP contribution >= 0.6 is 11.3 Å². The molecule has 2 aromatic heterocycles. The summed E-state index contributed by atoms with van der Waals surface area (Å²) in [5, 5.41) is 12.5. The monoisotopic (exact) mass is 652 g/mol. The lowest BCUT2D eigenvalue weighted by Gasteiger charge is -2.17. The van der Waals surface area contributed by atoms with E-state index in [2.05, 4.69) is 170 Å². The van der Waals surface area contributed by atoms with Crippen LogP contribution in [0, 0.1) is 0 Å². The van der Waals surface area contributed by atoms with Crippen LogP contribution in [-0.2, 0) is 0 Å². The van der Waals surface area contributed by atoms with Crippen molar-refractivity contribution in [2.24, 2.45) is 0 Å². The molecule has 50 heavy (non-hydrogen) atoms. The number of furan rings is 1. The summed E-state index contributed by atoms with van der Waals surface area (Å²) in [6, 6.07) is 61.8. The topological polar surface area (TPSA) is 13.1 Å². The van der Waals surface area contributed by atoms with Crippen LogP contribution < -0.4 is 0 Å². The second kappa shape index (κ2) is 10.6. The molecule has 0 aliphatic heterocycles. The van der Waals surface area contributed by atoms with Gasteiger partial charge in [0, 0.05) is 30.9 Å². The van der Waals surface area contributed by atoms with E-state index in [0.717, 1.165) is 27.5 Å². The maximum atomic E-state index is 6.74. The van der Waals surface area contributed by atoms with E-state index < -0.39 is 0 Å². The molecule has 2 heterocycles. The molecule has 0 radical (unpaired) electrons. The van der Waals surface area contributed by atoms with Crippen molar-refractivity contribution in [1.82, 2.24) is 0 Å². The lowest BCUT2D eigenvalue weighted by molar-refractivity contribution is 0.669. The van der Waals surface area contributed by atoms with Crippen LogP contribution in [0.15, 0.2) is 174 Å². The molecule has 232 valence electrons. The Kier molecular flexibility index (Phi) is 5.89. The standard InChI is InChI=1S/C48H28OS/c1-2-12-29(13-3-1)46-36-16-6-8-18-38(36)47(39-19-9-7-17-37(39)46)31-23-25-34-33-24-22-30(26-42(33)49-43(34)27-31)41-28-45-48(35-15-5-4-14-32(35)41)40-20-10-11-21-44(40)50-45/h1-28H. The second-order valence-corrected chi connectivity index (χ2v) is 14.3. The molecule has 0 bridgehead atoms. The third-order valence-electron chi connectivity index (χ3n) is 10.5.